The number of aromatic nitrogens is 5. The van der Waals surface area contributed by atoms with Crippen LogP contribution in [0.1, 0.15) is 32.7 Å². The van der Waals surface area contributed by atoms with E-state index in [0.717, 1.165) is 58.1 Å². The van der Waals surface area contributed by atoms with Crippen LogP contribution in [0.5, 0.6) is 0 Å². The van der Waals surface area contributed by atoms with Crippen molar-refractivity contribution in [3.05, 3.63) is 82.9 Å². The summed E-state index contributed by atoms with van der Waals surface area (Å²) in [5.74, 6) is 1.89. The van der Waals surface area contributed by atoms with E-state index in [1.54, 1.807) is 29.2 Å². The minimum absolute atomic E-state index is 0.332. The highest BCUT2D eigenvalue weighted by Crippen LogP contribution is 2.37. The molecule has 5 heterocycles. The average molecular weight is 546 g/mol. The maximum atomic E-state index is 13.1. The Morgan fingerprint density at radius 2 is 1.93 bits per heavy atom. The van der Waals surface area contributed by atoms with Crippen LogP contribution in [0.2, 0.25) is 0 Å². The Morgan fingerprint density at radius 1 is 1.07 bits per heavy atom. The van der Waals surface area contributed by atoms with Gasteiger partial charge in [-0.1, -0.05) is 6.07 Å². The third-order valence-electron chi connectivity index (χ3n) is 6.60. The Kier molecular flexibility index (Phi) is 6.05. The van der Waals surface area contributed by atoms with Crippen molar-refractivity contribution in [1.29, 1.82) is 0 Å². The first-order valence-electron chi connectivity index (χ1n) is 12.3. The minimum Gasteiger partial charge on any atom is -0.321 e. The number of carbonyl (C=O) groups is 1. The van der Waals surface area contributed by atoms with Crippen LogP contribution in [0.15, 0.2) is 60.0 Å². The molecule has 0 fully saturated rings. The highest BCUT2D eigenvalue weighted by Gasteiger charge is 2.32. The molecular formula is C27H22F3N9O. The number of anilines is 4. The molecule has 0 unspecified atom stereocenters. The number of aliphatic imine (C=N–C) groups is 1. The lowest BCUT2D eigenvalue weighted by Crippen LogP contribution is -2.32. The molecule has 202 valence electrons. The van der Waals surface area contributed by atoms with E-state index >= 15 is 0 Å². The highest BCUT2D eigenvalue weighted by molar-refractivity contribution is 6.36. The lowest BCUT2D eigenvalue weighted by Gasteiger charge is -2.28. The Morgan fingerprint density at radius 3 is 2.70 bits per heavy atom. The van der Waals surface area contributed by atoms with Gasteiger partial charge in [-0.2, -0.15) is 23.3 Å². The molecule has 0 saturated heterocycles. The SMILES string of the molecule is Cc1ccc(NC(=O)c2cc(C(F)(F)F)ccn2)cc1C1=Cc2cnc(Nc3ccnn3C)nc2N2CCN=C12. The van der Waals surface area contributed by atoms with Gasteiger partial charge in [0.2, 0.25) is 5.95 Å². The smallest absolute Gasteiger partial charge is 0.321 e. The quantitative estimate of drug-likeness (QED) is 0.374. The van der Waals surface area contributed by atoms with Crippen LogP contribution >= 0.6 is 0 Å². The molecule has 2 aliphatic heterocycles. The number of pyridine rings is 1. The number of amidine groups is 1. The maximum absolute atomic E-state index is 13.1. The van der Waals surface area contributed by atoms with Crippen LogP contribution in [0.4, 0.5) is 36.4 Å². The fourth-order valence-corrected chi connectivity index (χ4v) is 4.59. The number of nitrogens with one attached hydrogen (secondary N) is 2. The van der Waals surface area contributed by atoms with Gasteiger partial charge in [0, 0.05) is 48.9 Å². The topological polar surface area (TPSA) is 113 Å². The second-order valence-corrected chi connectivity index (χ2v) is 9.26. The Labute approximate surface area is 226 Å². The normalized spacial score (nSPS) is 14.3. The predicted octanol–water partition coefficient (Wildman–Crippen LogP) is 4.70. The summed E-state index contributed by atoms with van der Waals surface area (Å²) in [4.78, 5) is 32.5. The van der Waals surface area contributed by atoms with Crippen LogP contribution < -0.4 is 15.5 Å². The van der Waals surface area contributed by atoms with Gasteiger partial charge in [-0.15, -0.1) is 0 Å². The van der Waals surface area contributed by atoms with Gasteiger partial charge in [0.05, 0.1) is 18.3 Å². The molecule has 6 rings (SSSR count). The number of hydrogen-bond acceptors (Lipinski definition) is 8. The molecule has 1 aromatic carbocycles. The third kappa shape index (κ3) is 4.65. The molecule has 2 N–H and O–H groups in total. The summed E-state index contributed by atoms with van der Waals surface area (Å²) in [6.07, 6.45) is 1.75. The second kappa shape index (κ2) is 9.59. The number of amides is 1. The summed E-state index contributed by atoms with van der Waals surface area (Å²) in [5.41, 5.74) is 2.50. The van der Waals surface area contributed by atoms with Crippen LogP contribution in [0, 0.1) is 6.92 Å². The van der Waals surface area contributed by atoms with Gasteiger partial charge < -0.3 is 15.5 Å². The van der Waals surface area contributed by atoms with Crippen LogP contribution in [-0.2, 0) is 13.2 Å². The van der Waals surface area contributed by atoms with Gasteiger partial charge in [0.15, 0.2) is 0 Å². The molecule has 13 heteroatoms. The number of alkyl halides is 3. The molecule has 10 nitrogen and oxygen atoms in total. The van der Waals surface area contributed by atoms with Crippen LogP contribution in [0.3, 0.4) is 0 Å². The molecular weight excluding hydrogens is 523 g/mol. The number of nitrogens with zero attached hydrogens (tertiary/aromatic N) is 7. The van der Waals surface area contributed by atoms with Crippen molar-refractivity contribution < 1.29 is 18.0 Å². The molecule has 0 bridgehead atoms. The zero-order valence-corrected chi connectivity index (χ0v) is 21.4. The van der Waals surface area contributed by atoms with Crippen molar-refractivity contribution in [3.63, 3.8) is 0 Å². The lowest BCUT2D eigenvalue weighted by atomic mass is 9.94. The number of halogens is 3. The number of benzene rings is 1. The third-order valence-corrected chi connectivity index (χ3v) is 6.60. The highest BCUT2D eigenvalue weighted by atomic mass is 19.4. The molecule has 0 spiro atoms. The fraction of sp³-hybridized carbons (Fsp3) is 0.185. The van der Waals surface area contributed by atoms with E-state index in [4.69, 9.17) is 9.98 Å². The average Bonchev–Trinajstić information content (AvgIpc) is 3.59. The van der Waals surface area contributed by atoms with Crippen molar-refractivity contribution in [2.45, 2.75) is 13.1 Å². The van der Waals surface area contributed by atoms with Gasteiger partial charge in [0.25, 0.3) is 5.91 Å². The maximum Gasteiger partial charge on any atom is 0.416 e. The van der Waals surface area contributed by atoms with Gasteiger partial charge in [-0.3, -0.25) is 19.5 Å². The number of hydrogen-bond donors (Lipinski definition) is 2. The van der Waals surface area contributed by atoms with Crippen molar-refractivity contribution >= 4 is 46.7 Å². The second-order valence-electron chi connectivity index (χ2n) is 9.26. The Balaban J connectivity index is 1.31. The van der Waals surface area contributed by atoms with E-state index in [1.807, 2.05) is 37.1 Å². The van der Waals surface area contributed by atoms with E-state index in [9.17, 15) is 18.0 Å². The van der Waals surface area contributed by atoms with Gasteiger partial charge >= 0.3 is 6.18 Å². The largest absolute Gasteiger partial charge is 0.416 e. The van der Waals surface area contributed by atoms with Gasteiger partial charge in [-0.05, 0) is 48.4 Å². The summed E-state index contributed by atoms with van der Waals surface area (Å²) in [6.45, 7) is 3.15. The standard InChI is InChI=1S/C27H22F3N9O/c1-15-3-4-18(35-25(40)21-12-17(5-7-31-21)27(28,29)30)13-19(15)20-11-16-14-33-26(36-22-6-8-34-38(22)2)37-23(16)39-10-9-32-24(20)39/h3-8,11-14H,9-10H2,1-2H3,(H,35,40)(H,33,36,37). The van der Waals surface area contributed by atoms with Crippen molar-refractivity contribution in [3.8, 4) is 0 Å². The molecule has 40 heavy (non-hydrogen) atoms. The molecule has 3 aromatic heterocycles. The van der Waals surface area contributed by atoms with E-state index in [0.29, 0.717) is 24.7 Å². The monoisotopic (exact) mass is 545 g/mol. The molecule has 0 radical (unpaired) electrons. The lowest BCUT2D eigenvalue weighted by molar-refractivity contribution is -0.137. The van der Waals surface area contributed by atoms with Gasteiger partial charge in [0.1, 0.15) is 23.2 Å². The predicted molar refractivity (Wildman–Crippen MR) is 144 cm³/mol. The molecule has 1 amide bonds. The molecule has 0 saturated carbocycles. The van der Waals surface area contributed by atoms with Crippen LogP contribution in [-0.4, -0.2) is 49.6 Å². The first-order valence-corrected chi connectivity index (χ1v) is 12.3. The van der Waals surface area contributed by atoms with E-state index in [-0.39, 0.29) is 5.69 Å². The summed E-state index contributed by atoms with van der Waals surface area (Å²) in [5, 5.41) is 9.98. The van der Waals surface area contributed by atoms with E-state index in [1.165, 1.54) is 0 Å². The van der Waals surface area contributed by atoms with E-state index in [2.05, 4.69) is 25.7 Å². The number of carbonyl (C=O) groups excluding carboxylic acids is 1. The zero-order valence-electron chi connectivity index (χ0n) is 21.4. The fourth-order valence-electron chi connectivity index (χ4n) is 4.59. The number of aryl methyl sites for hydroxylation is 2. The zero-order chi connectivity index (χ0) is 28.0. The van der Waals surface area contributed by atoms with Gasteiger partial charge in [-0.25, -0.2) is 4.98 Å². The summed E-state index contributed by atoms with van der Waals surface area (Å²) in [7, 11) is 1.82. The summed E-state index contributed by atoms with van der Waals surface area (Å²) >= 11 is 0. The molecule has 0 atom stereocenters. The first-order chi connectivity index (χ1) is 19.2. The van der Waals surface area contributed by atoms with Crippen molar-refractivity contribution in [2.24, 2.45) is 12.0 Å². The molecule has 0 aliphatic carbocycles. The summed E-state index contributed by atoms with van der Waals surface area (Å²) < 4.78 is 41.0. The van der Waals surface area contributed by atoms with E-state index < -0.39 is 17.6 Å². The first kappa shape index (κ1) is 25.2. The van der Waals surface area contributed by atoms with Crippen molar-refractivity contribution in [2.75, 3.05) is 28.6 Å². The van der Waals surface area contributed by atoms with Crippen LogP contribution in [0.25, 0.3) is 11.6 Å². The Bertz CT molecular complexity index is 1710. The molecule has 2 aliphatic rings. The number of rotatable bonds is 5. The van der Waals surface area contributed by atoms with Crippen molar-refractivity contribution in [1.82, 2.24) is 24.7 Å². The minimum atomic E-state index is -4.58. The number of fused-ring (bicyclic) bond motifs is 3. The Hall–Kier alpha value is -5.07. The molecule has 4 aromatic rings. The summed E-state index contributed by atoms with van der Waals surface area (Å²) in [6, 6.07) is 8.67.